The van der Waals surface area contributed by atoms with Gasteiger partial charge in [-0.15, -0.1) is 0 Å². The van der Waals surface area contributed by atoms with Gasteiger partial charge in [0.15, 0.2) is 0 Å². The lowest BCUT2D eigenvalue weighted by molar-refractivity contribution is 0.00673. The number of piperidine rings is 1. The summed E-state index contributed by atoms with van der Waals surface area (Å²) >= 11 is 3.56. The van der Waals surface area contributed by atoms with Crippen LogP contribution < -0.4 is 4.74 Å². The molecular weight excluding hydrogens is 412 g/mol. The number of pyridine rings is 1. The summed E-state index contributed by atoms with van der Waals surface area (Å²) < 4.78 is 7.55. The van der Waals surface area contributed by atoms with Crippen LogP contribution in [-0.2, 0) is 0 Å². The van der Waals surface area contributed by atoms with Crippen molar-refractivity contribution in [3.05, 3.63) is 58.7 Å². The molecule has 1 atom stereocenters. The molecule has 0 amide bonds. The number of halogens is 1. The van der Waals surface area contributed by atoms with Gasteiger partial charge in [-0.1, -0.05) is 53.4 Å². The lowest BCUT2D eigenvalue weighted by atomic mass is 9.79. The van der Waals surface area contributed by atoms with E-state index in [1.807, 2.05) is 18.2 Å². The van der Waals surface area contributed by atoms with Crippen LogP contribution in [0.1, 0.15) is 63.5 Å². The molecule has 0 N–H and O–H groups in total. The zero-order valence-electron chi connectivity index (χ0n) is 16.8. The Morgan fingerprint density at radius 3 is 2.39 bits per heavy atom. The first-order valence-electron chi connectivity index (χ1n) is 10.7. The molecule has 1 unspecified atom stereocenters. The van der Waals surface area contributed by atoms with Crippen molar-refractivity contribution in [2.24, 2.45) is 5.92 Å². The maximum atomic E-state index is 6.44. The van der Waals surface area contributed by atoms with Gasteiger partial charge in [-0.25, -0.2) is 4.98 Å². The van der Waals surface area contributed by atoms with Crippen molar-refractivity contribution in [1.29, 1.82) is 0 Å². The van der Waals surface area contributed by atoms with Gasteiger partial charge < -0.3 is 4.74 Å². The van der Waals surface area contributed by atoms with Gasteiger partial charge in [0, 0.05) is 28.2 Å². The van der Waals surface area contributed by atoms with E-state index in [0.717, 1.165) is 10.4 Å². The Morgan fingerprint density at radius 2 is 1.75 bits per heavy atom. The molecule has 0 radical (unpaired) electrons. The number of likely N-dealkylation sites (tertiary alicyclic amines) is 1. The summed E-state index contributed by atoms with van der Waals surface area (Å²) in [6.07, 6.45) is 11.1. The molecule has 0 spiro atoms. The number of nitrogens with zero attached hydrogens (tertiary/aromatic N) is 2. The summed E-state index contributed by atoms with van der Waals surface area (Å²) in [5.74, 6) is 1.24. The second-order valence-electron chi connectivity index (χ2n) is 8.64. The molecule has 1 aromatic carbocycles. The van der Waals surface area contributed by atoms with Gasteiger partial charge in [-0.2, -0.15) is 0 Å². The van der Waals surface area contributed by atoms with E-state index < -0.39 is 0 Å². The number of ether oxygens (including phenoxy) is 1. The third-order valence-electron chi connectivity index (χ3n) is 6.75. The van der Waals surface area contributed by atoms with Crippen LogP contribution in [0.3, 0.4) is 0 Å². The average molecular weight is 443 g/mol. The van der Waals surface area contributed by atoms with E-state index in [0.29, 0.717) is 11.5 Å². The largest absolute Gasteiger partial charge is 0.469 e. The molecule has 4 heteroatoms. The van der Waals surface area contributed by atoms with Crippen molar-refractivity contribution in [3.63, 3.8) is 0 Å². The Balaban J connectivity index is 1.48. The number of benzene rings is 1. The molecule has 2 heterocycles. The first-order chi connectivity index (χ1) is 13.6. The summed E-state index contributed by atoms with van der Waals surface area (Å²) in [7, 11) is 0. The minimum Gasteiger partial charge on any atom is -0.469 e. The third kappa shape index (κ3) is 4.60. The fraction of sp³-hybridized carbons (Fsp3) is 0.542. The van der Waals surface area contributed by atoms with E-state index >= 15 is 0 Å². The summed E-state index contributed by atoms with van der Waals surface area (Å²) in [4.78, 5) is 7.18. The van der Waals surface area contributed by atoms with Gasteiger partial charge in [0.2, 0.25) is 5.88 Å². The van der Waals surface area contributed by atoms with E-state index in [1.54, 1.807) is 6.20 Å². The minimum absolute atomic E-state index is 0.0595. The van der Waals surface area contributed by atoms with Gasteiger partial charge in [0.1, 0.15) is 6.10 Å². The first-order valence-corrected chi connectivity index (χ1v) is 11.5. The van der Waals surface area contributed by atoms with E-state index in [4.69, 9.17) is 4.74 Å². The van der Waals surface area contributed by atoms with E-state index in [1.165, 1.54) is 63.6 Å². The third-order valence-corrected chi connectivity index (χ3v) is 7.27. The summed E-state index contributed by atoms with van der Waals surface area (Å²) in [6.45, 7) is 4.85. The zero-order chi connectivity index (χ0) is 19.4. The van der Waals surface area contributed by atoms with Crippen LogP contribution in [-0.4, -0.2) is 28.5 Å². The van der Waals surface area contributed by atoms with Gasteiger partial charge in [-0.05, 0) is 69.5 Å². The van der Waals surface area contributed by atoms with Crippen LogP contribution in [0.2, 0.25) is 0 Å². The molecule has 2 aliphatic rings. The molecule has 1 saturated carbocycles. The molecule has 1 aliphatic carbocycles. The molecule has 150 valence electrons. The molecule has 1 saturated heterocycles. The van der Waals surface area contributed by atoms with Crippen LogP contribution in [0, 0.1) is 5.92 Å². The standard InChI is InChI=1S/C24H31BrN2O/c1-24(14-4-2-5-15-24)27-17-12-20(13-18-27)23(19-8-10-21(25)11-9-19)28-22-7-3-6-16-26-22/h3,6-11,16,20,23H,2,4-5,12-15,17-18H2,1H3. The molecule has 0 bridgehead atoms. The Bertz CT molecular complexity index is 735. The summed E-state index contributed by atoms with van der Waals surface area (Å²) in [5, 5.41) is 0. The Morgan fingerprint density at radius 1 is 1.04 bits per heavy atom. The molecule has 28 heavy (non-hydrogen) atoms. The predicted molar refractivity (Wildman–Crippen MR) is 118 cm³/mol. The highest BCUT2D eigenvalue weighted by Gasteiger charge is 2.37. The van der Waals surface area contributed by atoms with Gasteiger partial charge in [0.25, 0.3) is 0 Å². The zero-order valence-corrected chi connectivity index (χ0v) is 18.4. The van der Waals surface area contributed by atoms with Crippen molar-refractivity contribution < 1.29 is 4.74 Å². The average Bonchev–Trinajstić information content (AvgIpc) is 2.74. The van der Waals surface area contributed by atoms with Crippen molar-refractivity contribution in [3.8, 4) is 5.88 Å². The molecule has 3 nitrogen and oxygen atoms in total. The summed E-state index contributed by atoms with van der Waals surface area (Å²) in [5.41, 5.74) is 1.66. The highest BCUT2D eigenvalue weighted by molar-refractivity contribution is 9.10. The van der Waals surface area contributed by atoms with Crippen molar-refractivity contribution in [1.82, 2.24) is 9.88 Å². The number of rotatable bonds is 5. The highest BCUT2D eigenvalue weighted by Crippen LogP contribution is 2.40. The predicted octanol–water partition coefficient (Wildman–Crippen LogP) is 6.40. The van der Waals surface area contributed by atoms with E-state index in [-0.39, 0.29) is 6.10 Å². The quantitative estimate of drug-likeness (QED) is 0.535. The molecule has 2 fully saturated rings. The van der Waals surface area contributed by atoms with Crippen LogP contribution in [0.5, 0.6) is 5.88 Å². The second-order valence-corrected chi connectivity index (χ2v) is 9.56. The van der Waals surface area contributed by atoms with Crippen molar-refractivity contribution in [2.75, 3.05) is 13.1 Å². The smallest absolute Gasteiger partial charge is 0.213 e. The Labute approximate surface area is 177 Å². The maximum Gasteiger partial charge on any atom is 0.213 e. The molecule has 2 aromatic rings. The minimum atomic E-state index is 0.0595. The molecule has 4 rings (SSSR count). The lowest BCUT2D eigenvalue weighted by Gasteiger charge is -2.48. The summed E-state index contributed by atoms with van der Waals surface area (Å²) in [6, 6.07) is 14.5. The number of hydrogen-bond donors (Lipinski definition) is 0. The lowest BCUT2D eigenvalue weighted by Crippen LogP contribution is -2.51. The fourth-order valence-corrected chi connectivity index (χ4v) is 5.27. The van der Waals surface area contributed by atoms with Crippen LogP contribution in [0.25, 0.3) is 0 Å². The Hall–Kier alpha value is -1.39. The molecule has 1 aromatic heterocycles. The van der Waals surface area contributed by atoms with Gasteiger partial charge in [0.05, 0.1) is 0 Å². The number of hydrogen-bond acceptors (Lipinski definition) is 3. The van der Waals surface area contributed by atoms with Crippen molar-refractivity contribution in [2.45, 2.75) is 63.5 Å². The van der Waals surface area contributed by atoms with Crippen LogP contribution in [0.4, 0.5) is 0 Å². The first kappa shape index (κ1) is 19.9. The van der Waals surface area contributed by atoms with Crippen LogP contribution in [0.15, 0.2) is 53.1 Å². The van der Waals surface area contributed by atoms with Crippen LogP contribution >= 0.6 is 15.9 Å². The SMILES string of the molecule is CC1(N2CCC(C(Oc3ccccn3)c3ccc(Br)cc3)CC2)CCCCC1. The highest BCUT2D eigenvalue weighted by atomic mass is 79.9. The van der Waals surface area contributed by atoms with Gasteiger partial charge in [-0.3, -0.25) is 4.90 Å². The monoisotopic (exact) mass is 442 g/mol. The van der Waals surface area contributed by atoms with Crippen molar-refractivity contribution >= 4 is 15.9 Å². The topological polar surface area (TPSA) is 25.4 Å². The van der Waals surface area contributed by atoms with E-state index in [9.17, 15) is 0 Å². The molecular formula is C24H31BrN2O. The van der Waals surface area contributed by atoms with E-state index in [2.05, 4.69) is 57.0 Å². The second kappa shape index (κ2) is 8.96. The normalized spacial score (nSPS) is 21.9. The fourth-order valence-electron chi connectivity index (χ4n) is 5.01. The Kier molecular flexibility index (Phi) is 6.37. The molecule has 1 aliphatic heterocycles. The number of aromatic nitrogens is 1. The maximum absolute atomic E-state index is 6.44. The van der Waals surface area contributed by atoms with Gasteiger partial charge >= 0.3 is 0 Å².